The maximum absolute atomic E-state index is 10.8. The van der Waals surface area contributed by atoms with E-state index in [1.807, 2.05) is 0 Å². The molecule has 3 nitrogen and oxygen atoms in total. The molecule has 1 fully saturated rings. The van der Waals surface area contributed by atoms with Crippen LogP contribution in [0.3, 0.4) is 0 Å². The molecule has 0 aromatic carbocycles. The van der Waals surface area contributed by atoms with Gasteiger partial charge in [-0.25, -0.2) is 4.57 Å². The van der Waals surface area contributed by atoms with Crippen LogP contribution in [0.2, 0.25) is 0 Å². The van der Waals surface area contributed by atoms with Crippen molar-refractivity contribution in [3.63, 3.8) is 0 Å². The molecule has 1 aliphatic heterocycles. The van der Waals surface area contributed by atoms with Crippen molar-refractivity contribution in [2.75, 3.05) is 13.2 Å². The van der Waals surface area contributed by atoms with Crippen molar-refractivity contribution in [1.82, 2.24) is 0 Å². The molecular formula is C4H7Cl2O3P. The van der Waals surface area contributed by atoms with Crippen LogP contribution in [0, 0.1) is 0 Å². The molecule has 0 aromatic heterocycles. The summed E-state index contributed by atoms with van der Waals surface area (Å²) in [6.07, 6.45) is 0. The lowest BCUT2D eigenvalue weighted by Gasteiger charge is -2.28. The fourth-order valence-corrected chi connectivity index (χ4v) is 2.01. The Kier molecular flexibility index (Phi) is 2.34. The predicted molar refractivity (Wildman–Crippen MR) is 39.6 cm³/mol. The summed E-state index contributed by atoms with van der Waals surface area (Å²) in [5, 5.41) is 0. The van der Waals surface area contributed by atoms with Gasteiger partial charge in [-0.1, -0.05) is 0 Å². The molecule has 0 aliphatic carbocycles. The third-order valence-corrected chi connectivity index (χ3v) is 2.72. The van der Waals surface area contributed by atoms with Gasteiger partial charge in [0.1, 0.15) is 0 Å². The molecule has 1 saturated heterocycles. The van der Waals surface area contributed by atoms with Gasteiger partial charge in [-0.3, -0.25) is 9.05 Å². The molecule has 0 saturated carbocycles. The van der Waals surface area contributed by atoms with Crippen LogP contribution in [0.15, 0.2) is 0 Å². The highest BCUT2D eigenvalue weighted by molar-refractivity contribution is 7.81. The highest BCUT2D eigenvalue weighted by Gasteiger charge is 2.36. The lowest BCUT2D eigenvalue weighted by Crippen LogP contribution is -2.32. The second-order valence-corrected chi connectivity index (χ2v) is 5.92. The Labute approximate surface area is 68.9 Å². The minimum Gasteiger partial charge on any atom is -0.295 e. The quantitative estimate of drug-likeness (QED) is 0.449. The molecule has 0 bridgehead atoms. The summed E-state index contributed by atoms with van der Waals surface area (Å²) >= 11 is 11.0. The summed E-state index contributed by atoms with van der Waals surface area (Å²) in [4.78, 5) is -0.594. The Balaban J connectivity index is 2.54. The molecular weight excluding hydrogens is 198 g/mol. The smallest absolute Gasteiger partial charge is 0.295 e. The Morgan fingerprint density at radius 2 is 1.90 bits per heavy atom. The van der Waals surface area contributed by atoms with E-state index in [2.05, 4.69) is 9.05 Å². The number of hydrogen-bond donors (Lipinski definition) is 0. The van der Waals surface area contributed by atoms with Crippen LogP contribution in [-0.2, 0) is 13.6 Å². The predicted octanol–water partition coefficient (Wildman–Crippen LogP) is 2.38. The van der Waals surface area contributed by atoms with Crippen LogP contribution in [0.5, 0.6) is 0 Å². The molecule has 1 heterocycles. The van der Waals surface area contributed by atoms with E-state index in [9.17, 15) is 4.57 Å². The molecule has 0 radical (unpaired) electrons. The van der Waals surface area contributed by atoms with Crippen LogP contribution in [0.25, 0.3) is 0 Å². The first-order valence-corrected chi connectivity index (χ1v) is 5.52. The van der Waals surface area contributed by atoms with Crippen molar-refractivity contribution in [3.8, 4) is 0 Å². The normalized spacial score (nSPS) is 49.1. The monoisotopic (exact) mass is 204 g/mol. The van der Waals surface area contributed by atoms with E-state index in [0.717, 1.165) is 0 Å². The first-order valence-electron chi connectivity index (χ1n) is 2.69. The maximum atomic E-state index is 10.8. The lowest BCUT2D eigenvalue weighted by molar-refractivity contribution is 0.125. The zero-order chi connectivity index (χ0) is 7.83. The molecule has 0 atom stereocenters. The summed E-state index contributed by atoms with van der Waals surface area (Å²) in [6.45, 7) is -1.23. The van der Waals surface area contributed by atoms with Gasteiger partial charge in [0.25, 0.3) is 0 Å². The minimum absolute atomic E-state index is 0.162. The van der Waals surface area contributed by atoms with Crippen LogP contribution in [-0.4, -0.2) is 18.1 Å². The van der Waals surface area contributed by atoms with Gasteiger partial charge in [0.05, 0.1) is 18.1 Å². The number of hydrogen-bond acceptors (Lipinski definition) is 3. The molecule has 1 rings (SSSR count). The van der Waals surface area contributed by atoms with E-state index in [1.165, 1.54) is 0 Å². The van der Waals surface area contributed by atoms with Crippen LogP contribution in [0.1, 0.15) is 6.92 Å². The largest absolute Gasteiger partial charge is 0.424 e. The summed E-state index contributed by atoms with van der Waals surface area (Å²) in [5.41, 5.74) is 0. The highest BCUT2D eigenvalue weighted by Crippen LogP contribution is 2.57. The van der Waals surface area contributed by atoms with Gasteiger partial charge in [-0.05, 0) is 6.92 Å². The zero-order valence-corrected chi connectivity index (χ0v) is 7.75. The Morgan fingerprint density at radius 1 is 1.50 bits per heavy atom. The average molecular weight is 205 g/mol. The van der Waals surface area contributed by atoms with E-state index >= 15 is 0 Å². The number of halogens is 2. The molecule has 10 heavy (non-hydrogen) atoms. The number of alkyl halides is 1. The molecule has 0 amide bonds. The van der Waals surface area contributed by atoms with E-state index in [0.29, 0.717) is 0 Å². The van der Waals surface area contributed by atoms with E-state index in [-0.39, 0.29) is 13.2 Å². The van der Waals surface area contributed by atoms with E-state index < -0.39 is 11.8 Å². The Bertz CT molecular complexity index is 167. The third-order valence-electron chi connectivity index (χ3n) is 1.04. The van der Waals surface area contributed by atoms with Crippen molar-refractivity contribution in [3.05, 3.63) is 0 Å². The lowest BCUT2D eigenvalue weighted by atomic mass is 10.2. The standard InChI is InChI=1S/C4H7Cl2O3P/c1-4(5)2-8-10(6,7)9-3-4/h2-3H2,1H3. The van der Waals surface area contributed by atoms with Crippen molar-refractivity contribution < 1.29 is 13.6 Å². The minimum atomic E-state index is -3.28. The van der Waals surface area contributed by atoms with Crippen molar-refractivity contribution in [1.29, 1.82) is 0 Å². The first kappa shape index (κ1) is 8.82. The molecule has 60 valence electrons. The number of rotatable bonds is 0. The molecule has 0 unspecified atom stereocenters. The average Bonchev–Trinajstić information content (AvgIpc) is 1.79. The summed E-state index contributed by atoms with van der Waals surface area (Å²) in [7, 11) is 0. The van der Waals surface area contributed by atoms with Crippen LogP contribution >= 0.6 is 29.8 Å². The van der Waals surface area contributed by atoms with E-state index in [4.69, 9.17) is 22.8 Å². The summed E-state index contributed by atoms with van der Waals surface area (Å²) < 4.78 is 20.1. The second-order valence-electron chi connectivity index (χ2n) is 2.39. The topological polar surface area (TPSA) is 35.5 Å². The third kappa shape index (κ3) is 2.40. The molecule has 0 spiro atoms. The maximum Gasteiger partial charge on any atom is 0.424 e. The van der Waals surface area contributed by atoms with Gasteiger partial charge in [-0.15, -0.1) is 11.6 Å². The molecule has 1 aliphatic rings. The van der Waals surface area contributed by atoms with Crippen LogP contribution < -0.4 is 0 Å². The van der Waals surface area contributed by atoms with Crippen molar-refractivity contribution in [2.24, 2.45) is 0 Å². The van der Waals surface area contributed by atoms with Gasteiger partial charge >= 0.3 is 6.95 Å². The zero-order valence-electron chi connectivity index (χ0n) is 5.34. The van der Waals surface area contributed by atoms with E-state index in [1.54, 1.807) is 6.92 Å². The van der Waals surface area contributed by atoms with Crippen molar-refractivity contribution in [2.45, 2.75) is 11.8 Å². The fraction of sp³-hybridized carbons (Fsp3) is 1.00. The van der Waals surface area contributed by atoms with Gasteiger partial charge in [0.2, 0.25) is 0 Å². The van der Waals surface area contributed by atoms with Gasteiger partial charge < -0.3 is 0 Å². The first-order chi connectivity index (χ1) is 4.41. The Hall–Kier alpha value is 0.730. The highest BCUT2D eigenvalue weighted by atomic mass is 35.7. The van der Waals surface area contributed by atoms with Gasteiger partial charge in [0, 0.05) is 11.2 Å². The van der Waals surface area contributed by atoms with Crippen LogP contribution in [0.4, 0.5) is 0 Å². The second kappa shape index (κ2) is 2.65. The summed E-state index contributed by atoms with van der Waals surface area (Å²) in [6, 6.07) is 0. The Morgan fingerprint density at radius 3 is 2.20 bits per heavy atom. The fourth-order valence-electron chi connectivity index (χ4n) is 0.502. The van der Waals surface area contributed by atoms with Gasteiger partial charge in [0.15, 0.2) is 0 Å². The molecule has 6 heteroatoms. The van der Waals surface area contributed by atoms with Gasteiger partial charge in [-0.2, -0.15) is 0 Å². The SMILES string of the molecule is CC1(Cl)COP(=O)(Cl)OC1. The molecule has 0 aromatic rings. The summed E-state index contributed by atoms with van der Waals surface area (Å²) in [5.74, 6) is 0. The molecule has 0 N–H and O–H groups in total. The van der Waals surface area contributed by atoms with Crippen molar-refractivity contribution >= 4 is 29.8 Å².